The molecule has 1 amide bonds. The summed E-state index contributed by atoms with van der Waals surface area (Å²) >= 11 is 0. The molecule has 0 saturated heterocycles. The standard InChI is InChI=1S/C18H24N2O4/c1-13(21)20-16-9-7-14(8-10-16)17(22)11-12-19-24-18(23)15-5-3-2-4-6-15/h7-10,15,19H,2-6,11-12H2,1H3,(H,20,21). The van der Waals surface area contributed by atoms with Crippen LogP contribution < -0.4 is 10.8 Å². The van der Waals surface area contributed by atoms with Crippen molar-refractivity contribution in [1.82, 2.24) is 5.48 Å². The van der Waals surface area contributed by atoms with Crippen LogP contribution in [-0.2, 0) is 14.4 Å². The molecule has 1 saturated carbocycles. The number of hydrogen-bond acceptors (Lipinski definition) is 5. The van der Waals surface area contributed by atoms with E-state index in [-0.39, 0.29) is 36.5 Å². The SMILES string of the molecule is CC(=O)Nc1ccc(C(=O)CCNOC(=O)C2CCCCC2)cc1. The van der Waals surface area contributed by atoms with Crippen LogP contribution in [-0.4, -0.2) is 24.2 Å². The van der Waals surface area contributed by atoms with Gasteiger partial charge < -0.3 is 10.2 Å². The van der Waals surface area contributed by atoms with Gasteiger partial charge in [0.25, 0.3) is 0 Å². The van der Waals surface area contributed by atoms with Crippen LogP contribution >= 0.6 is 0 Å². The fraction of sp³-hybridized carbons (Fsp3) is 0.500. The van der Waals surface area contributed by atoms with Crippen molar-refractivity contribution in [2.24, 2.45) is 5.92 Å². The second kappa shape index (κ2) is 9.17. The van der Waals surface area contributed by atoms with Crippen LogP contribution in [0.15, 0.2) is 24.3 Å². The minimum atomic E-state index is -0.221. The van der Waals surface area contributed by atoms with Gasteiger partial charge in [0, 0.05) is 31.1 Å². The van der Waals surface area contributed by atoms with E-state index in [1.165, 1.54) is 13.3 Å². The predicted molar refractivity (Wildman–Crippen MR) is 90.4 cm³/mol. The van der Waals surface area contributed by atoms with E-state index in [1.54, 1.807) is 24.3 Å². The lowest BCUT2D eigenvalue weighted by atomic mass is 9.89. The molecule has 1 aromatic carbocycles. The van der Waals surface area contributed by atoms with Crippen molar-refractivity contribution in [3.63, 3.8) is 0 Å². The van der Waals surface area contributed by atoms with Crippen LogP contribution in [0.3, 0.4) is 0 Å². The molecule has 0 radical (unpaired) electrons. The summed E-state index contributed by atoms with van der Waals surface area (Å²) in [4.78, 5) is 39.9. The molecule has 0 aliphatic heterocycles. The monoisotopic (exact) mass is 332 g/mol. The number of rotatable bonds is 7. The maximum Gasteiger partial charge on any atom is 0.327 e. The van der Waals surface area contributed by atoms with E-state index >= 15 is 0 Å². The lowest BCUT2D eigenvalue weighted by Crippen LogP contribution is -2.28. The Bertz CT molecular complexity index is 577. The number of hydroxylamine groups is 1. The molecule has 6 nitrogen and oxygen atoms in total. The molecule has 1 aliphatic carbocycles. The van der Waals surface area contributed by atoms with E-state index in [1.807, 2.05) is 0 Å². The highest BCUT2D eigenvalue weighted by molar-refractivity contribution is 5.97. The Kier molecular flexibility index (Phi) is 6.93. The summed E-state index contributed by atoms with van der Waals surface area (Å²) in [6.45, 7) is 1.71. The first kappa shape index (κ1) is 18.1. The van der Waals surface area contributed by atoms with Gasteiger partial charge in [-0.15, -0.1) is 0 Å². The van der Waals surface area contributed by atoms with Crippen LogP contribution in [0.2, 0.25) is 0 Å². The molecular formula is C18H24N2O4. The second-order valence-corrected chi connectivity index (χ2v) is 6.08. The molecule has 0 aromatic heterocycles. The van der Waals surface area contributed by atoms with Gasteiger partial charge in [-0.05, 0) is 37.1 Å². The van der Waals surface area contributed by atoms with E-state index in [2.05, 4.69) is 10.8 Å². The molecule has 0 atom stereocenters. The number of amides is 1. The minimum Gasteiger partial charge on any atom is -0.370 e. The van der Waals surface area contributed by atoms with E-state index in [4.69, 9.17) is 4.84 Å². The Balaban J connectivity index is 1.69. The highest BCUT2D eigenvalue weighted by atomic mass is 16.7. The highest BCUT2D eigenvalue weighted by Crippen LogP contribution is 2.24. The van der Waals surface area contributed by atoms with E-state index in [0.717, 1.165) is 25.7 Å². The molecule has 0 bridgehead atoms. The molecule has 0 heterocycles. The third-order valence-electron chi connectivity index (χ3n) is 4.09. The summed E-state index contributed by atoms with van der Waals surface area (Å²) in [7, 11) is 0. The van der Waals surface area contributed by atoms with Gasteiger partial charge in [0.1, 0.15) is 0 Å². The zero-order chi connectivity index (χ0) is 17.4. The van der Waals surface area contributed by atoms with Gasteiger partial charge in [-0.3, -0.25) is 14.4 Å². The summed E-state index contributed by atoms with van der Waals surface area (Å²) in [5.74, 6) is -0.436. The zero-order valence-corrected chi connectivity index (χ0v) is 14.0. The first-order valence-electron chi connectivity index (χ1n) is 8.40. The van der Waals surface area contributed by atoms with Gasteiger partial charge in [0.05, 0.1) is 5.92 Å². The summed E-state index contributed by atoms with van der Waals surface area (Å²) in [5, 5.41) is 2.65. The molecule has 1 fully saturated rings. The quantitative estimate of drug-likeness (QED) is 0.456. The van der Waals surface area contributed by atoms with Crippen molar-refractivity contribution in [3.05, 3.63) is 29.8 Å². The summed E-state index contributed by atoms with van der Waals surface area (Å²) in [5.41, 5.74) is 3.80. The maximum atomic E-state index is 12.1. The first-order valence-corrected chi connectivity index (χ1v) is 8.40. The Hall–Kier alpha value is -2.21. The second-order valence-electron chi connectivity index (χ2n) is 6.08. The first-order chi connectivity index (χ1) is 11.6. The van der Waals surface area contributed by atoms with Crippen molar-refractivity contribution in [2.75, 3.05) is 11.9 Å². The number of carbonyl (C=O) groups excluding carboxylic acids is 3. The molecule has 2 rings (SSSR count). The van der Waals surface area contributed by atoms with E-state index < -0.39 is 0 Å². The average Bonchev–Trinajstić information content (AvgIpc) is 2.59. The predicted octanol–water partition coefficient (Wildman–Crippen LogP) is 2.85. The van der Waals surface area contributed by atoms with Crippen molar-refractivity contribution in [1.29, 1.82) is 0 Å². The minimum absolute atomic E-state index is 0.0109. The summed E-state index contributed by atoms with van der Waals surface area (Å²) in [6, 6.07) is 6.71. The third kappa shape index (κ3) is 5.77. The Morgan fingerprint density at radius 1 is 1.08 bits per heavy atom. The lowest BCUT2D eigenvalue weighted by molar-refractivity contribution is -0.157. The average molecular weight is 332 g/mol. The van der Waals surface area contributed by atoms with E-state index in [0.29, 0.717) is 11.3 Å². The molecule has 0 unspecified atom stereocenters. The van der Waals surface area contributed by atoms with Gasteiger partial charge in [-0.25, -0.2) is 0 Å². The van der Waals surface area contributed by atoms with Crippen molar-refractivity contribution >= 4 is 23.3 Å². The van der Waals surface area contributed by atoms with Gasteiger partial charge in [0.2, 0.25) is 5.91 Å². The fourth-order valence-corrected chi connectivity index (χ4v) is 2.80. The highest BCUT2D eigenvalue weighted by Gasteiger charge is 2.22. The van der Waals surface area contributed by atoms with Gasteiger partial charge >= 0.3 is 5.97 Å². The number of ketones is 1. The van der Waals surface area contributed by atoms with Crippen LogP contribution in [0.25, 0.3) is 0 Å². The number of Topliss-reactive ketones (excluding diaryl/α,β-unsaturated/α-hetero) is 1. The number of carbonyl (C=O) groups is 3. The van der Waals surface area contributed by atoms with Gasteiger partial charge in [0.15, 0.2) is 5.78 Å². The van der Waals surface area contributed by atoms with E-state index in [9.17, 15) is 14.4 Å². The fourth-order valence-electron chi connectivity index (χ4n) is 2.80. The van der Waals surface area contributed by atoms with Crippen LogP contribution in [0, 0.1) is 5.92 Å². The van der Waals surface area contributed by atoms with Crippen LogP contribution in [0.4, 0.5) is 5.69 Å². The third-order valence-corrected chi connectivity index (χ3v) is 4.09. The van der Waals surface area contributed by atoms with Crippen LogP contribution in [0.1, 0.15) is 55.8 Å². The smallest absolute Gasteiger partial charge is 0.327 e. The van der Waals surface area contributed by atoms with Gasteiger partial charge in [-0.1, -0.05) is 19.3 Å². The number of benzene rings is 1. The van der Waals surface area contributed by atoms with Crippen molar-refractivity contribution in [3.8, 4) is 0 Å². The number of nitrogens with one attached hydrogen (secondary N) is 2. The molecule has 0 spiro atoms. The maximum absolute atomic E-state index is 12.1. The molecule has 24 heavy (non-hydrogen) atoms. The molecular weight excluding hydrogens is 308 g/mol. The van der Waals surface area contributed by atoms with Crippen molar-refractivity contribution < 1.29 is 19.2 Å². The summed E-state index contributed by atoms with van der Waals surface area (Å²) in [6.07, 6.45) is 5.35. The molecule has 130 valence electrons. The zero-order valence-electron chi connectivity index (χ0n) is 14.0. The Morgan fingerprint density at radius 3 is 2.38 bits per heavy atom. The normalized spacial score (nSPS) is 14.9. The molecule has 2 N–H and O–H groups in total. The lowest BCUT2D eigenvalue weighted by Gasteiger charge is -2.19. The topological polar surface area (TPSA) is 84.5 Å². The number of hydrogen-bond donors (Lipinski definition) is 2. The Labute approximate surface area is 141 Å². The van der Waals surface area contributed by atoms with Gasteiger partial charge in [-0.2, -0.15) is 5.48 Å². The largest absolute Gasteiger partial charge is 0.370 e. The number of anilines is 1. The van der Waals surface area contributed by atoms with Crippen LogP contribution in [0.5, 0.6) is 0 Å². The molecule has 1 aliphatic rings. The molecule has 6 heteroatoms. The molecule has 1 aromatic rings. The van der Waals surface area contributed by atoms with Crippen molar-refractivity contribution in [2.45, 2.75) is 45.4 Å². The summed E-state index contributed by atoms with van der Waals surface area (Å²) < 4.78 is 0. The Morgan fingerprint density at radius 2 is 1.75 bits per heavy atom.